The summed E-state index contributed by atoms with van der Waals surface area (Å²) in [7, 11) is 1.82. The number of pyridine rings is 1. The molecular weight excluding hydrogens is 542 g/mol. The van der Waals surface area contributed by atoms with E-state index in [9.17, 15) is 13.6 Å². The molecule has 9 nitrogen and oxygen atoms in total. The van der Waals surface area contributed by atoms with Crippen molar-refractivity contribution in [3.63, 3.8) is 0 Å². The zero-order valence-corrected chi connectivity index (χ0v) is 23.6. The fourth-order valence-electron chi connectivity index (χ4n) is 4.45. The zero-order chi connectivity index (χ0) is 28.9. The van der Waals surface area contributed by atoms with Gasteiger partial charge in [0.1, 0.15) is 16.8 Å². The standard InChI is InChI=1S/C28H31ClF2N6O3/c1-5-7-9-20-23(27(37(4)35-20)39-14-6-2)28(3,21-10-8-11-22(29)33-21)16-32-25(38)26-34-24(36-40-26)18-13-12-17(30)15-19(18)31/h8,10-13,15H,5-7,9,14,16H2,1-4H3,(H,32,38). The number of halogens is 3. The van der Waals surface area contributed by atoms with E-state index < -0.39 is 23.0 Å². The lowest BCUT2D eigenvalue weighted by molar-refractivity contribution is 0.0902. The van der Waals surface area contributed by atoms with E-state index >= 15 is 0 Å². The number of aryl methyl sites for hydroxylation is 2. The summed E-state index contributed by atoms with van der Waals surface area (Å²) in [5.41, 5.74) is 1.22. The topological polar surface area (TPSA) is 108 Å². The van der Waals surface area contributed by atoms with E-state index in [1.807, 2.05) is 27.0 Å². The first kappa shape index (κ1) is 29.1. The van der Waals surface area contributed by atoms with Gasteiger partial charge in [-0.1, -0.05) is 43.1 Å². The quantitative estimate of drug-likeness (QED) is 0.218. The average Bonchev–Trinajstić information content (AvgIpc) is 3.54. The second kappa shape index (κ2) is 12.5. The molecule has 1 unspecified atom stereocenters. The first-order valence-electron chi connectivity index (χ1n) is 13.1. The Hall–Kier alpha value is -3.86. The highest BCUT2D eigenvalue weighted by molar-refractivity contribution is 6.29. The number of rotatable bonds is 12. The molecule has 0 aliphatic heterocycles. The maximum atomic E-state index is 14.2. The Morgan fingerprint density at radius 2 is 1.98 bits per heavy atom. The van der Waals surface area contributed by atoms with Crippen molar-refractivity contribution in [2.75, 3.05) is 13.2 Å². The third kappa shape index (κ3) is 6.14. The van der Waals surface area contributed by atoms with E-state index in [0.29, 0.717) is 35.8 Å². The SMILES string of the molecule is CCCCc1nn(C)c(OCCC)c1C(C)(CNC(=O)c1nc(-c2ccc(F)cc2F)no1)c1cccc(Cl)n1. The summed E-state index contributed by atoms with van der Waals surface area (Å²) in [6, 6.07) is 8.25. The van der Waals surface area contributed by atoms with Crippen LogP contribution in [0.2, 0.25) is 5.15 Å². The van der Waals surface area contributed by atoms with Crippen LogP contribution in [-0.4, -0.2) is 44.0 Å². The molecule has 12 heteroatoms. The molecule has 3 heterocycles. The van der Waals surface area contributed by atoms with Crippen LogP contribution in [0.4, 0.5) is 8.78 Å². The Balaban J connectivity index is 1.70. The molecule has 3 aromatic heterocycles. The van der Waals surface area contributed by atoms with Gasteiger partial charge >= 0.3 is 11.8 Å². The lowest BCUT2D eigenvalue weighted by Crippen LogP contribution is -2.41. The van der Waals surface area contributed by atoms with Crippen molar-refractivity contribution in [3.8, 4) is 17.3 Å². The summed E-state index contributed by atoms with van der Waals surface area (Å²) in [5, 5.41) is 11.6. The third-order valence-corrected chi connectivity index (χ3v) is 6.71. The van der Waals surface area contributed by atoms with Gasteiger partial charge in [-0.15, -0.1) is 0 Å². The van der Waals surface area contributed by atoms with Crippen LogP contribution >= 0.6 is 11.6 Å². The molecule has 0 saturated carbocycles. The van der Waals surface area contributed by atoms with Gasteiger partial charge in [-0.3, -0.25) is 4.79 Å². The number of carbonyl (C=O) groups is 1. The maximum Gasteiger partial charge on any atom is 0.316 e. The van der Waals surface area contributed by atoms with Crippen LogP contribution in [-0.2, 0) is 18.9 Å². The molecule has 40 heavy (non-hydrogen) atoms. The fourth-order valence-corrected chi connectivity index (χ4v) is 4.61. The summed E-state index contributed by atoms with van der Waals surface area (Å²) in [4.78, 5) is 21.8. The predicted octanol–water partition coefficient (Wildman–Crippen LogP) is 5.66. The van der Waals surface area contributed by atoms with Crippen molar-refractivity contribution >= 4 is 17.5 Å². The fraction of sp³-hybridized carbons (Fsp3) is 0.393. The molecule has 4 rings (SSSR count). The van der Waals surface area contributed by atoms with Crippen molar-refractivity contribution in [1.82, 2.24) is 30.2 Å². The summed E-state index contributed by atoms with van der Waals surface area (Å²) in [6.45, 7) is 6.59. The number of nitrogens with one attached hydrogen (secondary N) is 1. The lowest BCUT2D eigenvalue weighted by atomic mass is 9.78. The predicted molar refractivity (Wildman–Crippen MR) is 145 cm³/mol. The molecule has 4 aromatic rings. The zero-order valence-electron chi connectivity index (χ0n) is 22.8. The first-order chi connectivity index (χ1) is 19.2. The van der Waals surface area contributed by atoms with Crippen LogP contribution in [0.5, 0.6) is 5.88 Å². The van der Waals surface area contributed by atoms with E-state index in [0.717, 1.165) is 36.6 Å². The Kier molecular flexibility index (Phi) is 9.14. The Morgan fingerprint density at radius 3 is 2.67 bits per heavy atom. The largest absolute Gasteiger partial charge is 0.478 e. The molecule has 1 atom stereocenters. The number of benzene rings is 1. The van der Waals surface area contributed by atoms with Gasteiger partial charge in [0, 0.05) is 19.7 Å². The average molecular weight is 573 g/mol. The van der Waals surface area contributed by atoms with Crippen molar-refractivity contribution in [2.24, 2.45) is 7.05 Å². The van der Waals surface area contributed by atoms with Crippen LogP contribution < -0.4 is 10.1 Å². The van der Waals surface area contributed by atoms with Crippen LogP contribution in [0.15, 0.2) is 40.9 Å². The minimum atomic E-state index is -0.924. The summed E-state index contributed by atoms with van der Waals surface area (Å²) in [6.07, 6.45) is 3.38. The molecule has 0 aliphatic rings. The number of hydrogen-bond donors (Lipinski definition) is 1. The number of carbonyl (C=O) groups excluding carboxylic acids is 1. The second-order valence-corrected chi connectivity index (χ2v) is 10.00. The summed E-state index contributed by atoms with van der Waals surface area (Å²) < 4.78 is 40.5. The van der Waals surface area contributed by atoms with E-state index in [2.05, 4.69) is 27.4 Å². The van der Waals surface area contributed by atoms with Gasteiger partial charge in [0.15, 0.2) is 0 Å². The van der Waals surface area contributed by atoms with Crippen LogP contribution in [0.1, 0.15) is 67.7 Å². The number of aromatic nitrogens is 5. The Bertz CT molecular complexity index is 1490. The summed E-state index contributed by atoms with van der Waals surface area (Å²) in [5.74, 6) is -2.26. The molecule has 212 valence electrons. The van der Waals surface area contributed by atoms with E-state index in [1.54, 1.807) is 16.8 Å². The minimum Gasteiger partial charge on any atom is -0.478 e. The normalized spacial score (nSPS) is 12.8. The lowest BCUT2D eigenvalue weighted by Gasteiger charge is -2.30. The molecule has 0 bridgehead atoms. The molecule has 1 N–H and O–H groups in total. The smallest absolute Gasteiger partial charge is 0.316 e. The number of amides is 1. The van der Waals surface area contributed by atoms with Crippen LogP contribution in [0.25, 0.3) is 11.4 Å². The number of hydrogen-bond acceptors (Lipinski definition) is 7. The van der Waals surface area contributed by atoms with Crippen molar-refractivity contribution < 1.29 is 22.8 Å². The minimum absolute atomic E-state index is 0.0507. The molecule has 1 aromatic carbocycles. The van der Waals surface area contributed by atoms with E-state index in [4.69, 9.17) is 26.0 Å². The van der Waals surface area contributed by atoms with Crippen LogP contribution in [0.3, 0.4) is 0 Å². The van der Waals surface area contributed by atoms with Gasteiger partial charge in [0.25, 0.3) is 0 Å². The molecule has 0 saturated heterocycles. The van der Waals surface area contributed by atoms with Gasteiger partial charge in [-0.2, -0.15) is 10.1 Å². The summed E-state index contributed by atoms with van der Waals surface area (Å²) >= 11 is 6.29. The van der Waals surface area contributed by atoms with Crippen molar-refractivity contribution in [1.29, 1.82) is 0 Å². The van der Waals surface area contributed by atoms with Gasteiger partial charge in [-0.05, 0) is 50.5 Å². The van der Waals surface area contributed by atoms with Crippen LogP contribution in [0, 0.1) is 11.6 Å². The molecule has 0 fully saturated rings. The second-order valence-electron chi connectivity index (χ2n) is 9.61. The molecule has 0 aliphatic carbocycles. The van der Waals surface area contributed by atoms with Gasteiger partial charge < -0.3 is 14.6 Å². The monoisotopic (exact) mass is 572 g/mol. The van der Waals surface area contributed by atoms with E-state index in [-0.39, 0.29) is 23.8 Å². The highest BCUT2D eigenvalue weighted by Gasteiger charge is 2.39. The third-order valence-electron chi connectivity index (χ3n) is 6.50. The first-order valence-corrected chi connectivity index (χ1v) is 13.4. The number of ether oxygens (including phenoxy) is 1. The maximum absolute atomic E-state index is 14.2. The Morgan fingerprint density at radius 1 is 1.18 bits per heavy atom. The van der Waals surface area contributed by atoms with E-state index in [1.165, 1.54) is 6.07 Å². The Labute approximate surface area is 235 Å². The van der Waals surface area contributed by atoms with Gasteiger partial charge in [0.05, 0.1) is 34.5 Å². The molecule has 1 amide bonds. The number of nitrogens with zero attached hydrogens (tertiary/aromatic N) is 5. The van der Waals surface area contributed by atoms with Gasteiger partial charge in [-0.25, -0.2) is 18.4 Å². The molecule has 0 spiro atoms. The highest BCUT2D eigenvalue weighted by atomic mass is 35.5. The number of unbranched alkanes of at least 4 members (excludes halogenated alkanes) is 1. The molecule has 0 radical (unpaired) electrons. The highest BCUT2D eigenvalue weighted by Crippen LogP contribution is 2.40. The van der Waals surface area contributed by atoms with Gasteiger partial charge in [0.2, 0.25) is 11.7 Å². The molecular formula is C28H31ClF2N6O3. The van der Waals surface area contributed by atoms with Crippen molar-refractivity contribution in [2.45, 2.75) is 51.9 Å². The van der Waals surface area contributed by atoms with Crippen molar-refractivity contribution in [3.05, 3.63) is 76.0 Å².